The summed E-state index contributed by atoms with van der Waals surface area (Å²) in [6.45, 7) is 0. The molecule has 5 aromatic rings. The maximum atomic E-state index is 14.2. The molecule has 0 radical (unpaired) electrons. The zero-order chi connectivity index (χ0) is 26.7. The molecule has 12 heteroatoms. The van der Waals surface area contributed by atoms with Crippen molar-refractivity contribution in [1.29, 1.82) is 0 Å². The first-order chi connectivity index (χ1) is 18.2. The fraction of sp³-hybridized carbons (Fsp3) is 0.154. The van der Waals surface area contributed by atoms with Crippen LogP contribution in [0.1, 0.15) is 43.7 Å². The summed E-state index contributed by atoms with van der Waals surface area (Å²) in [5.74, 6) is -1.66. The smallest absolute Gasteiger partial charge is 0.276 e. The molecule has 0 fully saturated rings. The number of nitrogens with zero attached hydrogens (tertiary/aromatic N) is 3. The average molecular weight is 556 g/mol. The highest BCUT2D eigenvalue weighted by Gasteiger charge is 2.38. The molecule has 1 aliphatic rings. The quantitative estimate of drug-likeness (QED) is 0.284. The summed E-state index contributed by atoms with van der Waals surface area (Å²) < 4.78 is 47.5. The highest BCUT2D eigenvalue weighted by atomic mass is 35.5. The van der Waals surface area contributed by atoms with E-state index in [2.05, 4.69) is 20.1 Å². The number of carbonyl (C=O) groups excluding carboxylic acids is 2. The molecule has 0 saturated carbocycles. The number of benzene rings is 3. The molecule has 3 aromatic carbocycles. The van der Waals surface area contributed by atoms with Crippen molar-refractivity contribution in [2.24, 2.45) is 7.05 Å². The number of hydrogen-bond acceptors (Lipinski definition) is 5. The number of hydrogen-bond donors (Lipinski definition) is 2. The third kappa shape index (κ3) is 3.89. The van der Waals surface area contributed by atoms with Gasteiger partial charge in [-0.2, -0.15) is 9.47 Å². The van der Waals surface area contributed by atoms with Crippen molar-refractivity contribution in [2.75, 3.05) is 5.32 Å². The molecule has 0 bridgehead atoms. The lowest BCUT2D eigenvalue weighted by Crippen LogP contribution is -2.21. The Morgan fingerprint density at radius 1 is 1.21 bits per heavy atom. The third-order valence-corrected chi connectivity index (χ3v) is 7.71. The summed E-state index contributed by atoms with van der Waals surface area (Å²) in [5, 5.41) is 11.1. The summed E-state index contributed by atoms with van der Waals surface area (Å²) in [7, 11) is 1.51. The molecule has 0 saturated heterocycles. The van der Waals surface area contributed by atoms with Crippen molar-refractivity contribution >= 4 is 61.6 Å². The molecular weight excluding hydrogens is 539 g/mol. The van der Waals surface area contributed by atoms with Gasteiger partial charge >= 0.3 is 0 Å². The first-order valence-electron chi connectivity index (χ1n) is 11.4. The van der Waals surface area contributed by atoms with Gasteiger partial charge in [0, 0.05) is 39.7 Å². The molecule has 7 nitrogen and oxygen atoms in total. The summed E-state index contributed by atoms with van der Waals surface area (Å²) in [6, 6.07) is 11.6. The summed E-state index contributed by atoms with van der Waals surface area (Å²) in [4.78, 5) is 26.7. The highest BCUT2D eigenvalue weighted by molar-refractivity contribution is 7.13. The molecule has 2 aromatic heterocycles. The fourth-order valence-corrected chi connectivity index (χ4v) is 5.89. The first-order valence-corrected chi connectivity index (χ1v) is 12.6. The van der Waals surface area contributed by atoms with Crippen LogP contribution < -0.4 is 10.6 Å². The van der Waals surface area contributed by atoms with E-state index in [1.165, 1.54) is 36.0 Å². The molecule has 3 heterocycles. The number of aromatic nitrogens is 3. The lowest BCUT2D eigenvalue weighted by atomic mass is 9.93. The van der Waals surface area contributed by atoms with Crippen LogP contribution in [0.5, 0.6) is 0 Å². The van der Waals surface area contributed by atoms with Gasteiger partial charge < -0.3 is 10.6 Å². The van der Waals surface area contributed by atoms with Crippen LogP contribution in [0.2, 0.25) is 5.02 Å². The van der Waals surface area contributed by atoms with Crippen molar-refractivity contribution in [2.45, 2.75) is 18.9 Å². The van der Waals surface area contributed by atoms with E-state index in [1.54, 1.807) is 12.1 Å². The van der Waals surface area contributed by atoms with Crippen LogP contribution in [0, 0.1) is 5.82 Å². The molecule has 1 atom stereocenters. The number of amides is 2. The van der Waals surface area contributed by atoms with Gasteiger partial charge in [0.1, 0.15) is 17.0 Å². The minimum atomic E-state index is -2.66. The molecule has 2 N–H and O–H groups in total. The SMILES string of the molecule is Cn1nc2c3c(c(NC(=O)c4nsc5ccccc45)cc2c1CC(F)F)C(c1cc(F)ccc1Cl)NC3=O. The molecule has 6 rings (SSSR count). The van der Waals surface area contributed by atoms with Gasteiger partial charge in [-0.3, -0.25) is 14.3 Å². The van der Waals surface area contributed by atoms with E-state index >= 15 is 0 Å². The van der Waals surface area contributed by atoms with Gasteiger partial charge in [-0.25, -0.2) is 13.2 Å². The summed E-state index contributed by atoms with van der Waals surface area (Å²) >= 11 is 7.54. The molecule has 38 heavy (non-hydrogen) atoms. The Hall–Kier alpha value is -3.96. The van der Waals surface area contributed by atoms with Crippen molar-refractivity contribution in [1.82, 2.24) is 19.5 Å². The number of halogens is 4. The normalized spacial score (nSPS) is 14.9. The van der Waals surface area contributed by atoms with Gasteiger partial charge in [0.25, 0.3) is 11.8 Å². The number of carbonyl (C=O) groups is 2. The predicted molar refractivity (Wildman–Crippen MR) is 139 cm³/mol. The lowest BCUT2D eigenvalue weighted by molar-refractivity contribution is 0.0960. The van der Waals surface area contributed by atoms with E-state index in [0.717, 1.165) is 16.2 Å². The predicted octanol–water partition coefficient (Wildman–Crippen LogP) is 5.87. The Morgan fingerprint density at radius 2 is 2.00 bits per heavy atom. The molecular formula is C26H17ClF3N5O2S. The molecule has 1 unspecified atom stereocenters. The first kappa shape index (κ1) is 24.4. The lowest BCUT2D eigenvalue weighted by Gasteiger charge is -2.18. The van der Waals surface area contributed by atoms with Gasteiger partial charge in [-0.05, 0) is 41.9 Å². The van der Waals surface area contributed by atoms with E-state index in [9.17, 15) is 22.8 Å². The zero-order valence-electron chi connectivity index (χ0n) is 19.6. The van der Waals surface area contributed by atoms with E-state index < -0.39 is 36.5 Å². The number of fused-ring (bicyclic) bond motifs is 4. The number of alkyl halides is 2. The van der Waals surface area contributed by atoms with Crippen LogP contribution in [-0.2, 0) is 13.5 Å². The van der Waals surface area contributed by atoms with Gasteiger partial charge in [0.2, 0.25) is 6.43 Å². The largest absolute Gasteiger partial charge is 0.341 e. The Kier molecular flexibility index (Phi) is 5.84. The summed E-state index contributed by atoms with van der Waals surface area (Å²) in [6.07, 6.45) is -3.26. The van der Waals surface area contributed by atoms with Crippen molar-refractivity contribution in [3.63, 3.8) is 0 Å². The summed E-state index contributed by atoms with van der Waals surface area (Å²) in [5.41, 5.74) is 1.44. The van der Waals surface area contributed by atoms with Crippen LogP contribution in [0.3, 0.4) is 0 Å². The second-order valence-corrected chi connectivity index (χ2v) is 10.0. The Bertz CT molecular complexity index is 1780. The Balaban J connectivity index is 1.57. The molecule has 1 aliphatic heterocycles. The molecule has 0 spiro atoms. The van der Waals surface area contributed by atoms with Crippen LogP contribution in [0.15, 0.2) is 48.5 Å². The minimum absolute atomic E-state index is 0.0994. The van der Waals surface area contributed by atoms with E-state index in [1.807, 2.05) is 12.1 Å². The average Bonchev–Trinajstić information content (AvgIpc) is 3.55. The third-order valence-electron chi connectivity index (χ3n) is 6.54. The van der Waals surface area contributed by atoms with Crippen molar-refractivity contribution in [3.8, 4) is 0 Å². The second kappa shape index (κ2) is 9.10. The number of nitrogens with one attached hydrogen (secondary N) is 2. The maximum absolute atomic E-state index is 14.2. The Labute approximate surface area is 222 Å². The molecule has 2 amide bonds. The van der Waals surface area contributed by atoms with Gasteiger partial charge in [0.05, 0.1) is 28.4 Å². The van der Waals surface area contributed by atoms with Crippen molar-refractivity contribution < 1.29 is 22.8 Å². The van der Waals surface area contributed by atoms with E-state index in [0.29, 0.717) is 16.3 Å². The zero-order valence-corrected chi connectivity index (χ0v) is 21.1. The van der Waals surface area contributed by atoms with E-state index in [4.69, 9.17) is 11.6 Å². The fourth-order valence-electron chi connectivity index (χ4n) is 4.89. The van der Waals surface area contributed by atoms with Crippen LogP contribution >= 0.6 is 23.1 Å². The van der Waals surface area contributed by atoms with Gasteiger partial charge in [-0.15, -0.1) is 0 Å². The second-order valence-electron chi connectivity index (χ2n) is 8.83. The van der Waals surface area contributed by atoms with Crippen LogP contribution in [-0.4, -0.2) is 32.4 Å². The standard InChI is InChI=1S/C26H17ClF3N5O2S/c1-35-17(10-19(29)30)14-9-16(31-26(37)24-12-4-2-3-5-18(12)38-34-24)20-21(23(14)33-35)25(36)32-22(20)13-8-11(28)6-7-15(13)27/h2-9,19,22H,10H2,1H3,(H,31,37)(H,32,36). The highest BCUT2D eigenvalue weighted by Crippen LogP contribution is 2.43. The van der Waals surface area contributed by atoms with E-state index in [-0.39, 0.29) is 38.7 Å². The van der Waals surface area contributed by atoms with Gasteiger partial charge in [0.15, 0.2) is 0 Å². The molecule has 0 aliphatic carbocycles. The maximum Gasteiger partial charge on any atom is 0.276 e. The monoisotopic (exact) mass is 555 g/mol. The van der Waals surface area contributed by atoms with Crippen molar-refractivity contribution in [3.05, 3.63) is 87.4 Å². The van der Waals surface area contributed by atoms with Crippen LogP contribution in [0.25, 0.3) is 21.0 Å². The topological polar surface area (TPSA) is 88.9 Å². The molecule has 192 valence electrons. The van der Waals surface area contributed by atoms with Gasteiger partial charge in [-0.1, -0.05) is 29.8 Å². The Morgan fingerprint density at radius 3 is 2.79 bits per heavy atom. The van der Waals surface area contributed by atoms with Crippen LogP contribution in [0.4, 0.5) is 18.9 Å². The minimum Gasteiger partial charge on any atom is -0.341 e. The number of aryl methyl sites for hydroxylation is 1. The number of rotatable bonds is 5. The number of anilines is 1.